The highest BCUT2D eigenvalue weighted by Gasteiger charge is 2.24. The van der Waals surface area contributed by atoms with Crippen molar-refractivity contribution in [2.24, 2.45) is 0 Å². The maximum absolute atomic E-state index is 12.4. The van der Waals surface area contributed by atoms with Gasteiger partial charge in [-0.2, -0.15) is 0 Å². The molecule has 2 N–H and O–H groups in total. The Bertz CT molecular complexity index is 650. The van der Waals surface area contributed by atoms with E-state index >= 15 is 0 Å². The largest absolute Gasteiger partial charge is 0.370 e. The van der Waals surface area contributed by atoms with Gasteiger partial charge in [-0.15, -0.1) is 0 Å². The van der Waals surface area contributed by atoms with E-state index < -0.39 is 0 Å². The number of carbonyl (C=O) groups is 1. The molecule has 0 atom stereocenters. The Morgan fingerprint density at radius 2 is 2.14 bits per heavy atom. The molecule has 1 aliphatic rings. The molecule has 0 spiro atoms. The molecule has 1 aliphatic carbocycles. The van der Waals surface area contributed by atoms with Crippen LogP contribution in [-0.4, -0.2) is 23.5 Å². The first-order chi connectivity index (χ1) is 10.3. The highest BCUT2D eigenvalue weighted by Crippen LogP contribution is 2.23. The summed E-state index contributed by atoms with van der Waals surface area (Å²) in [6, 6.07) is 10.0. The zero-order valence-corrected chi connectivity index (χ0v) is 12.4. The van der Waals surface area contributed by atoms with Gasteiger partial charge < -0.3 is 10.6 Å². The molecule has 3 rings (SSSR count). The van der Waals surface area contributed by atoms with Crippen LogP contribution < -0.4 is 10.6 Å². The van der Waals surface area contributed by atoms with Gasteiger partial charge >= 0.3 is 0 Å². The summed E-state index contributed by atoms with van der Waals surface area (Å²) in [7, 11) is 0. The summed E-state index contributed by atoms with van der Waals surface area (Å²) in [5, 5.41) is 7.29. The number of para-hydroxylation sites is 1. The van der Waals surface area contributed by atoms with Crippen molar-refractivity contribution in [1.29, 1.82) is 0 Å². The molecule has 110 valence electrons. The number of hydrogen-bond donors (Lipinski definition) is 2. The predicted octanol–water partition coefficient (Wildman–Crippen LogP) is 3.34. The SMILES string of the molecule is CCCCNc1cc(C(=O)NC2CC2)c2ccccc2n1. The van der Waals surface area contributed by atoms with Crippen LogP contribution in [0.4, 0.5) is 5.82 Å². The molecule has 4 heteroatoms. The first-order valence-corrected chi connectivity index (χ1v) is 7.72. The summed E-state index contributed by atoms with van der Waals surface area (Å²) in [5.74, 6) is 0.790. The number of anilines is 1. The van der Waals surface area contributed by atoms with Crippen molar-refractivity contribution in [2.75, 3.05) is 11.9 Å². The predicted molar refractivity (Wildman–Crippen MR) is 85.6 cm³/mol. The van der Waals surface area contributed by atoms with Crippen molar-refractivity contribution in [1.82, 2.24) is 10.3 Å². The molecule has 1 heterocycles. The van der Waals surface area contributed by atoms with Crippen LogP contribution in [0.2, 0.25) is 0 Å². The van der Waals surface area contributed by atoms with Gasteiger partial charge in [-0.1, -0.05) is 31.5 Å². The van der Waals surface area contributed by atoms with Gasteiger partial charge in [0.2, 0.25) is 0 Å². The number of amides is 1. The molecule has 0 aliphatic heterocycles. The average Bonchev–Trinajstić information content (AvgIpc) is 3.30. The third kappa shape index (κ3) is 3.32. The Labute approximate surface area is 125 Å². The minimum Gasteiger partial charge on any atom is -0.370 e. The standard InChI is InChI=1S/C17H21N3O/c1-2-3-10-18-16-11-14(17(21)19-12-8-9-12)13-6-4-5-7-15(13)20-16/h4-7,11-12H,2-3,8-10H2,1H3,(H,18,20)(H,19,21). The van der Waals surface area contributed by atoms with Crippen molar-refractivity contribution >= 4 is 22.6 Å². The monoisotopic (exact) mass is 283 g/mol. The van der Waals surface area contributed by atoms with Crippen LogP contribution >= 0.6 is 0 Å². The van der Waals surface area contributed by atoms with Crippen molar-refractivity contribution < 1.29 is 4.79 Å². The molecule has 0 saturated heterocycles. The van der Waals surface area contributed by atoms with E-state index in [1.807, 2.05) is 30.3 Å². The van der Waals surface area contributed by atoms with Crippen LogP contribution in [0.5, 0.6) is 0 Å². The van der Waals surface area contributed by atoms with Crippen LogP contribution in [0, 0.1) is 0 Å². The van der Waals surface area contributed by atoms with Gasteiger partial charge in [0.25, 0.3) is 5.91 Å². The second-order valence-corrected chi connectivity index (χ2v) is 5.60. The van der Waals surface area contributed by atoms with Crippen molar-refractivity contribution in [3.63, 3.8) is 0 Å². The molecule has 1 aromatic carbocycles. The van der Waals surface area contributed by atoms with Gasteiger partial charge in [-0.3, -0.25) is 4.79 Å². The zero-order valence-electron chi connectivity index (χ0n) is 12.4. The molecule has 1 amide bonds. The van der Waals surface area contributed by atoms with E-state index in [1.54, 1.807) is 0 Å². The summed E-state index contributed by atoms with van der Waals surface area (Å²) in [4.78, 5) is 17.0. The molecule has 0 bridgehead atoms. The van der Waals surface area contributed by atoms with E-state index in [2.05, 4.69) is 22.5 Å². The fraction of sp³-hybridized carbons (Fsp3) is 0.412. The topological polar surface area (TPSA) is 54.0 Å². The van der Waals surface area contributed by atoms with Crippen LogP contribution in [0.25, 0.3) is 10.9 Å². The number of fused-ring (bicyclic) bond motifs is 1. The molecule has 0 unspecified atom stereocenters. The summed E-state index contributed by atoms with van der Waals surface area (Å²) in [6.07, 6.45) is 4.42. The Kier molecular flexibility index (Phi) is 4.04. The van der Waals surface area contributed by atoms with Gasteiger partial charge in [0.15, 0.2) is 0 Å². The summed E-state index contributed by atoms with van der Waals surface area (Å²) >= 11 is 0. The van der Waals surface area contributed by atoms with E-state index in [0.29, 0.717) is 11.6 Å². The number of pyridine rings is 1. The zero-order chi connectivity index (χ0) is 14.7. The number of hydrogen-bond acceptors (Lipinski definition) is 3. The van der Waals surface area contributed by atoms with Gasteiger partial charge in [0, 0.05) is 18.0 Å². The molecule has 2 aromatic rings. The third-order valence-electron chi connectivity index (χ3n) is 3.71. The lowest BCUT2D eigenvalue weighted by atomic mass is 10.1. The smallest absolute Gasteiger partial charge is 0.252 e. The Morgan fingerprint density at radius 1 is 1.33 bits per heavy atom. The Hall–Kier alpha value is -2.10. The maximum Gasteiger partial charge on any atom is 0.252 e. The minimum atomic E-state index is 0.00893. The lowest BCUT2D eigenvalue weighted by Gasteiger charge is -2.11. The molecule has 0 radical (unpaired) electrons. The fourth-order valence-electron chi connectivity index (χ4n) is 2.34. The molecule has 1 aromatic heterocycles. The number of carbonyl (C=O) groups excluding carboxylic acids is 1. The molecular weight excluding hydrogens is 262 g/mol. The Balaban J connectivity index is 1.92. The van der Waals surface area contributed by atoms with E-state index in [4.69, 9.17) is 0 Å². The number of aromatic nitrogens is 1. The second-order valence-electron chi connectivity index (χ2n) is 5.60. The summed E-state index contributed by atoms with van der Waals surface area (Å²) in [6.45, 7) is 3.04. The van der Waals surface area contributed by atoms with E-state index in [1.165, 1.54) is 0 Å². The minimum absolute atomic E-state index is 0.00893. The quantitative estimate of drug-likeness (QED) is 0.799. The molecule has 21 heavy (non-hydrogen) atoms. The Morgan fingerprint density at radius 3 is 2.90 bits per heavy atom. The van der Waals surface area contributed by atoms with Gasteiger partial charge in [0.05, 0.1) is 11.1 Å². The lowest BCUT2D eigenvalue weighted by Crippen LogP contribution is -2.25. The van der Waals surface area contributed by atoms with Crippen molar-refractivity contribution in [3.8, 4) is 0 Å². The van der Waals surface area contributed by atoms with Crippen molar-refractivity contribution in [2.45, 2.75) is 38.6 Å². The van der Waals surface area contributed by atoms with Gasteiger partial charge in [-0.25, -0.2) is 4.98 Å². The number of benzene rings is 1. The van der Waals surface area contributed by atoms with E-state index in [0.717, 1.165) is 48.9 Å². The molecular formula is C17H21N3O. The average molecular weight is 283 g/mol. The van der Waals surface area contributed by atoms with E-state index in [-0.39, 0.29) is 5.91 Å². The van der Waals surface area contributed by atoms with Crippen LogP contribution in [0.1, 0.15) is 43.0 Å². The lowest BCUT2D eigenvalue weighted by molar-refractivity contribution is 0.0952. The number of nitrogens with one attached hydrogen (secondary N) is 2. The molecule has 1 fully saturated rings. The van der Waals surface area contributed by atoms with Crippen LogP contribution in [-0.2, 0) is 0 Å². The molecule has 1 saturated carbocycles. The summed E-state index contributed by atoms with van der Waals surface area (Å²) in [5.41, 5.74) is 1.58. The van der Waals surface area contributed by atoms with E-state index in [9.17, 15) is 4.79 Å². The number of rotatable bonds is 6. The molecule has 4 nitrogen and oxygen atoms in total. The number of nitrogens with zero attached hydrogens (tertiary/aromatic N) is 1. The number of unbranched alkanes of at least 4 members (excludes halogenated alkanes) is 1. The fourth-order valence-corrected chi connectivity index (χ4v) is 2.34. The summed E-state index contributed by atoms with van der Waals surface area (Å²) < 4.78 is 0. The van der Waals surface area contributed by atoms with Gasteiger partial charge in [0.1, 0.15) is 5.82 Å². The van der Waals surface area contributed by atoms with Crippen molar-refractivity contribution in [3.05, 3.63) is 35.9 Å². The highest BCUT2D eigenvalue weighted by atomic mass is 16.1. The first kappa shape index (κ1) is 13.9. The van der Waals surface area contributed by atoms with Crippen LogP contribution in [0.3, 0.4) is 0 Å². The maximum atomic E-state index is 12.4. The van der Waals surface area contributed by atoms with Crippen LogP contribution in [0.15, 0.2) is 30.3 Å². The second kappa shape index (κ2) is 6.12. The normalized spacial score (nSPS) is 14.1. The van der Waals surface area contributed by atoms with Gasteiger partial charge in [-0.05, 0) is 31.4 Å². The highest BCUT2D eigenvalue weighted by molar-refractivity contribution is 6.07. The first-order valence-electron chi connectivity index (χ1n) is 7.72. The third-order valence-corrected chi connectivity index (χ3v) is 3.71.